The number of thiophene rings is 1. The summed E-state index contributed by atoms with van der Waals surface area (Å²) in [6.45, 7) is 14.9. The first-order valence-corrected chi connectivity index (χ1v) is 9.87. The smallest absolute Gasteiger partial charge is 0.191 e. The third-order valence-corrected chi connectivity index (χ3v) is 5.11. The first-order valence-electron chi connectivity index (χ1n) is 9.05. The van der Waals surface area contributed by atoms with Gasteiger partial charge in [0.1, 0.15) is 0 Å². The number of guanidine groups is 1. The third-order valence-electron chi connectivity index (χ3n) is 3.89. The summed E-state index contributed by atoms with van der Waals surface area (Å²) in [5.41, 5.74) is 0. The van der Waals surface area contributed by atoms with Gasteiger partial charge in [-0.3, -0.25) is 0 Å². The van der Waals surface area contributed by atoms with E-state index >= 15 is 0 Å². The van der Waals surface area contributed by atoms with Gasteiger partial charge in [-0.15, -0.1) is 11.3 Å². The summed E-state index contributed by atoms with van der Waals surface area (Å²) in [5, 5.41) is 6.78. The third kappa shape index (κ3) is 8.37. The zero-order valence-electron chi connectivity index (χ0n) is 15.3. The maximum absolute atomic E-state index is 4.69. The Labute approximate surface area is 146 Å². The minimum Gasteiger partial charge on any atom is -0.357 e. The van der Waals surface area contributed by atoms with Gasteiger partial charge in [0.15, 0.2) is 5.96 Å². The maximum Gasteiger partial charge on any atom is 0.191 e. The second-order valence-electron chi connectivity index (χ2n) is 5.58. The van der Waals surface area contributed by atoms with Crippen molar-refractivity contribution < 1.29 is 0 Å². The van der Waals surface area contributed by atoms with Gasteiger partial charge in [0, 0.05) is 22.8 Å². The molecule has 0 saturated carbocycles. The van der Waals surface area contributed by atoms with Crippen LogP contribution in [0, 0.1) is 0 Å². The summed E-state index contributed by atoms with van der Waals surface area (Å²) >= 11 is 1.86. The molecule has 0 aromatic carbocycles. The van der Waals surface area contributed by atoms with Gasteiger partial charge in [-0.05, 0) is 58.0 Å². The van der Waals surface area contributed by atoms with Crippen LogP contribution in [0.1, 0.15) is 50.3 Å². The number of nitrogens with one attached hydrogen (secondary N) is 2. The highest BCUT2D eigenvalue weighted by molar-refractivity contribution is 7.11. The molecule has 5 heteroatoms. The average Bonchev–Trinajstić information content (AvgIpc) is 3.04. The fourth-order valence-electron chi connectivity index (χ4n) is 2.40. The summed E-state index contributed by atoms with van der Waals surface area (Å²) in [7, 11) is 0. The fraction of sp³-hybridized carbons (Fsp3) is 0.722. The molecule has 132 valence electrons. The number of hydrogen-bond acceptors (Lipinski definition) is 3. The van der Waals surface area contributed by atoms with E-state index in [0.29, 0.717) is 0 Å². The zero-order valence-corrected chi connectivity index (χ0v) is 16.1. The molecule has 0 fully saturated rings. The van der Waals surface area contributed by atoms with Gasteiger partial charge < -0.3 is 15.5 Å². The molecule has 1 rings (SSSR count). The van der Waals surface area contributed by atoms with Crippen molar-refractivity contribution in [2.45, 2.75) is 53.5 Å². The van der Waals surface area contributed by atoms with Crippen LogP contribution in [0.15, 0.2) is 17.1 Å². The van der Waals surface area contributed by atoms with Crippen LogP contribution in [0.4, 0.5) is 0 Å². The van der Waals surface area contributed by atoms with E-state index in [-0.39, 0.29) is 0 Å². The second-order valence-corrected chi connectivity index (χ2v) is 6.83. The maximum atomic E-state index is 4.69. The van der Waals surface area contributed by atoms with Crippen LogP contribution in [0.3, 0.4) is 0 Å². The summed E-state index contributed by atoms with van der Waals surface area (Å²) < 4.78 is 0. The van der Waals surface area contributed by atoms with Crippen molar-refractivity contribution in [3.63, 3.8) is 0 Å². The van der Waals surface area contributed by atoms with E-state index in [4.69, 9.17) is 4.99 Å². The molecular formula is C18H34N4S. The standard InChI is InChI=1S/C18H34N4S/c1-5-16-11-12-17(23-16)15-21-18(19-6-2)20-13-9-10-14-22(7-3)8-4/h11-12H,5-10,13-15H2,1-4H3,(H2,19,20,21). The molecular weight excluding hydrogens is 304 g/mol. The van der Waals surface area contributed by atoms with Gasteiger partial charge >= 0.3 is 0 Å². The van der Waals surface area contributed by atoms with Gasteiger partial charge in [-0.25, -0.2) is 4.99 Å². The zero-order chi connectivity index (χ0) is 16.9. The Morgan fingerprint density at radius 1 is 1.04 bits per heavy atom. The average molecular weight is 339 g/mol. The molecule has 0 radical (unpaired) electrons. The Kier molecular flexibility index (Phi) is 10.7. The monoisotopic (exact) mass is 338 g/mol. The Morgan fingerprint density at radius 2 is 1.78 bits per heavy atom. The van der Waals surface area contributed by atoms with Gasteiger partial charge in [0.2, 0.25) is 0 Å². The largest absolute Gasteiger partial charge is 0.357 e. The number of hydrogen-bond donors (Lipinski definition) is 2. The second kappa shape index (κ2) is 12.4. The van der Waals surface area contributed by atoms with Crippen LogP contribution < -0.4 is 10.6 Å². The molecule has 0 unspecified atom stereocenters. The minimum atomic E-state index is 0.763. The van der Waals surface area contributed by atoms with Gasteiger partial charge in [-0.1, -0.05) is 20.8 Å². The van der Waals surface area contributed by atoms with Crippen molar-refractivity contribution in [1.82, 2.24) is 15.5 Å². The van der Waals surface area contributed by atoms with E-state index in [2.05, 4.69) is 55.4 Å². The highest BCUT2D eigenvalue weighted by Gasteiger charge is 2.01. The molecule has 0 bridgehead atoms. The molecule has 1 heterocycles. The molecule has 2 N–H and O–H groups in total. The van der Waals surface area contributed by atoms with Crippen molar-refractivity contribution in [3.8, 4) is 0 Å². The fourth-order valence-corrected chi connectivity index (χ4v) is 3.29. The van der Waals surface area contributed by atoms with Crippen LogP contribution >= 0.6 is 11.3 Å². The number of aryl methyl sites for hydroxylation is 1. The normalized spacial score (nSPS) is 12.0. The quantitative estimate of drug-likeness (QED) is 0.369. The lowest BCUT2D eigenvalue weighted by Crippen LogP contribution is -2.38. The molecule has 23 heavy (non-hydrogen) atoms. The minimum absolute atomic E-state index is 0.763. The lowest BCUT2D eigenvalue weighted by molar-refractivity contribution is 0.297. The van der Waals surface area contributed by atoms with Crippen molar-refractivity contribution in [3.05, 3.63) is 21.9 Å². The van der Waals surface area contributed by atoms with Crippen molar-refractivity contribution in [2.75, 3.05) is 32.7 Å². The lowest BCUT2D eigenvalue weighted by atomic mass is 10.3. The first-order chi connectivity index (χ1) is 11.2. The van der Waals surface area contributed by atoms with Crippen LogP contribution in [0.5, 0.6) is 0 Å². The predicted octanol–water partition coefficient (Wildman–Crippen LogP) is 3.49. The van der Waals surface area contributed by atoms with Gasteiger partial charge in [-0.2, -0.15) is 0 Å². The van der Waals surface area contributed by atoms with Crippen molar-refractivity contribution in [1.29, 1.82) is 0 Å². The summed E-state index contributed by atoms with van der Waals surface area (Å²) in [4.78, 5) is 9.93. The van der Waals surface area contributed by atoms with Gasteiger partial charge in [0.05, 0.1) is 6.54 Å². The highest BCUT2D eigenvalue weighted by Crippen LogP contribution is 2.17. The van der Waals surface area contributed by atoms with Crippen molar-refractivity contribution in [2.24, 2.45) is 4.99 Å². The van der Waals surface area contributed by atoms with E-state index < -0.39 is 0 Å². The van der Waals surface area contributed by atoms with E-state index in [1.807, 2.05) is 11.3 Å². The predicted molar refractivity (Wildman–Crippen MR) is 104 cm³/mol. The topological polar surface area (TPSA) is 39.7 Å². The molecule has 0 saturated heterocycles. The molecule has 1 aromatic rings. The van der Waals surface area contributed by atoms with E-state index in [0.717, 1.165) is 45.1 Å². The molecule has 0 aliphatic carbocycles. The van der Waals surface area contributed by atoms with Gasteiger partial charge in [0.25, 0.3) is 0 Å². The summed E-state index contributed by atoms with van der Waals surface area (Å²) in [5.74, 6) is 0.932. The number of nitrogens with zero attached hydrogens (tertiary/aromatic N) is 2. The summed E-state index contributed by atoms with van der Waals surface area (Å²) in [6, 6.07) is 4.41. The Bertz CT molecular complexity index is 438. The molecule has 0 aliphatic rings. The Balaban J connectivity index is 2.31. The van der Waals surface area contributed by atoms with E-state index in [1.54, 1.807) is 0 Å². The SMILES string of the molecule is CCNC(=NCc1ccc(CC)s1)NCCCCN(CC)CC. The van der Waals surface area contributed by atoms with Crippen LogP contribution in [0.2, 0.25) is 0 Å². The van der Waals surface area contributed by atoms with E-state index in [9.17, 15) is 0 Å². The number of unbranched alkanes of at least 4 members (excludes halogenated alkanes) is 1. The van der Waals surface area contributed by atoms with Crippen LogP contribution in [-0.2, 0) is 13.0 Å². The van der Waals surface area contributed by atoms with Crippen molar-refractivity contribution >= 4 is 17.3 Å². The number of aliphatic imine (C=N–C) groups is 1. The van der Waals surface area contributed by atoms with Crippen LogP contribution in [-0.4, -0.2) is 43.6 Å². The van der Waals surface area contributed by atoms with Crippen LogP contribution in [0.25, 0.3) is 0 Å². The molecule has 4 nitrogen and oxygen atoms in total. The van der Waals surface area contributed by atoms with E-state index in [1.165, 1.54) is 29.1 Å². The number of rotatable bonds is 11. The highest BCUT2D eigenvalue weighted by atomic mass is 32.1. The summed E-state index contributed by atoms with van der Waals surface area (Å²) in [6.07, 6.45) is 3.53. The molecule has 0 spiro atoms. The molecule has 1 aromatic heterocycles. The Morgan fingerprint density at radius 3 is 2.39 bits per heavy atom. The Hall–Kier alpha value is -1.07. The molecule has 0 aliphatic heterocycles. The molecule has 0 amide bonds. The molecule has 0 atom stereocenters. The lowest BCUT2D eigenvalue weighted by Gasteiger charge is -2.18. The first kappa shape index (κ1) is 20.0.